The maximum atomic E-state index is 4.68. The van der Waals surface area contributed by atoms with Crippen molar-refractivity contribution in [1.82, 2.24) is 14.1 Å². The predicted molar refractivity (Wildman–Crippen MR) is 85.3 cm³/mol. The minimum absolute atomic E-state index is 0.820. The first-order chi connectivity index (χ1) is 9.81. The van der Waals surface area contributed by atoms with Crippen LogP contribution < -0.4 is 0 Å². The van der Waals surface area contributed by atoms with Crippen LogP contribution in [0.2, 0.25) is 0 Å². The Morgan fingerprint density at radius 2 is 2.05 bits per heavy atom. The first-order valence-electron chi connectivity index (χ1n) is 6.95. The number of rotatable bonds is 5. The lowest BCUT2D eigenvalue weighted by Crippen LogP contribution is -2.07. The number of aromatic nitrogens is 3. The molecule has 0 spiro atoms. The fraction of sp³-hybridized carbons (Fsp3) is 0.312. The molecule has 4 heteroatoms. The Bertz CT molecular complexity index is 711. The van der Waals surface area contributed by atoms with Gasteiger partial charge in [-0.25, -0.2) is 4.98 Å². The average Bonchev–Trinajstić information content (AvgIpc) is 3.05. The molecule has 0 amide bonds. The van der Waals surface area contributed by atoms with E-state index in [1.807, 2.05) is 6.07 Å². The van der Waals surface area contributed by atoms with Crippen LogP contribution in [0.1, 0.15) is 18.9 Å². The van der Waals surface area contributed by atoms with Crippen LogP contribution in [-0.2, 0) is 13.1 Å². The highest BCUT2D eigenvalue weighted by Gasteiger charge is 2.09. The van der Waals surface area contributed by atoms with Gasteiger partial charge >= 0.3 is 0 Å². The largest absolute Gasteiger partial charge is 0.336 e. The quantitative estimate of drug-likeness (QED) is 0.661. The highest BCUT2D eigenvalue weighted by molar-refractivity contribution is 7.98. The molecule has 3 aromatic rings. The summed E-state index contributed by atoms with van der Waals surface area (Å²) in [5.74, 6) is 0. The Kier molecular flexibility index (Phi) is 3.83. The van der Waals surface area contributed by atoms with Crippen molar-refractivity contribution in [2.75, 3.05) is 6.26 Å². The number of hydrogen-bond acceptors (Lipinski definition) is 2. The smallest absolute Gasteiger partial charge is 0.170 e. The molecule has 104 valence electrons. The Hall–Kier alpha value is -1.68. The summed E-state index contributed by atoms with van der Waals surface area (Å²) in [4.78, 5) is 4.68. The van der Waals surface area contributed by atoms with Gasteiger partial charge in [0.25, 0.3) is 0 Å². The average molecular weight is 285 g/mol. The van der Waals surface area contributed by atoms with Crippen molar-refractivity contribution in [1.29, 1.82) is 0 Å². The Morgan fingerprint density at radius 3 is 2.85 bits per heavy atom. The van der Waals surface area contributed by atoms with Crippen molar-refractivity contribution >= 4 is 22.8 Å². The third-order valence-electron chi connectivity index (χ3n) is 3.46. The monoisotopic (exact) mass is 285 g/mol. The van der Waals surface area contributed by atoms with Crippen LogP contribution in [0.25, 0.3) is 11.0 Å². The minimum atomic E-state index is 0.820. The number of imidazole rings is 1. The summed E-state index contributed by atoms with van der Waals surface area (Å²) in [6.45, 7) is 3.03. The number of hydrogen-bond donors (Lipinski definition) is 0. The zero-order valence-electron chi connectivity index (χ0n) is 11.9. The molecule has 3 rings (SSSR count). The molecule has 0 aliphatic heterocycles. The molecule has 0 bridgehead atoms. The van der Waals surface area contributed by atoms with E-state index in [-0.39, 0.29) is 0 Å². The van der Waals surface area contributed by atoms with Crippen LogP contribution in [0, 0.1) is 0 Å². The van der Waals surface area contributed by atoms with Crippen molar-refractivity contribution in [2.24, 2.45) is 0 Å². The van der Waals surface area contributed by atoms with Crippen molar-refractivity contribution in [3.63, 3.8) is 0 Å². The molecule has 0 fully saturated rings. The van der Waals surface area contributed by atoms with E-state index in [9.17, 15) is 0 Å². The molecule has 0 N–H and O–H groups in total. The number of nitrogens with zero attached hydrogens (tertiary/aromatic N) is 3. The summed E-state index contributed by atoms with van der Waals surface area (Å²) in [5.41, 5.74) is 3.67. The van der Waals surface area contributed by atoms with Crippen molar-refractivity contribution in [2.45, 2.75) is 31.6 Å². The number of aryl methyl sites for hydroxylation is 1. The summed E-state index contributed by atoms with van der Waals surface area (Å²) >= 11 is 1.70. The third kappa shape index (κ3) is 2.48. The standard InChI is InChI=1S/C16H19N3S/c1-3-6-13-9-10-18(11-13)12-19-15-8-5-4-7-14(15)17-16(19)20-2/h4-5,7-11H,3,6,12H2,1-2H3. The number of para-hydroxylation sites is 2. The van der Waals surface area contributed by atoms with Gasteiger partial charge in [-0.05, 0) is 36.4 Å². The summed E-state index contributed by atoms with van der Waals surface area (Å²) in [6.07, 6.45) is 8.81. The molecule has 0 radical (unpaired) electrons. The second-order valence-corrected chi connectivity index (χ2v) is 5.71. The molecule has 0 aliphatic carbocycles. The van der Waals surface area contributed by atoms with E-state index in [4.69, 9.17) is 0 Å². The van der Waals surface area contributed by atoms with Crippen LogP contribution >= 0.6 is 11.8 Å². The topological polar surface area (TPSA) is 22.8 Å². The third-order valence-corrected chi connectivity index (χ3v) is 4.13. The van der Waals surface area contributed by atoms with E-state index in [2.05, 4.69) is 64.0 Å². The number of thioether (sulfide) groups is 1. The van der Waals surface area contributed by atoms with Gasteiger partial charge in [0.05, 0.1) is 11.0 Å². The zero-order valence-corrected chi connectivity index (χ0v) is 12.7. The lowest BCUT2D eigenvalue weighted by molar-refractivity contribution is 0.580. The molecule has 1 aromatic carbocycles. The van der Waals surface area contributed by atoms with Crippen LogP contribution in [0.5, 0.6) is 0 Å². The molecular formula is C16H19N3S. The summed E-state index contributed by atoms with van der Waals surface area (Å²) < 4.78 is 4.51. The van der Waals surface area contributed by atoms with Crippen LogP contribution in [-0.4, -0.2) is 20.4 Å². The lowest BCUT2D eigenvalue weighted by Gasteiger charge is -2.08. The Balaban J connectivity index is 1.96. The maximum Gasteiger partial charge on any atom is 0.170 e. The van der Waals surface area contributed by atoms with Gasteiger partial charge in [-0.15, -0.1) is 0 Å². The highest BCUT2D eigenvalue weighted by atomic mass is 32.2. The van der Waals surface area contributed by atoms with Crippen LogP contribution in [0.4, 0.5) is 0 Å². The molecule has 0 atom stereocenters. The molecule has 0 saturated carbocycles. The van der Waals surface area contributed by atoms with E-state index in [0.717, 1.165) is 23.8 Å². The predicted octanol–water partition coefficient (Wildman–Crippen LogP) is 4.02. The van der Waals surface area contributed by atoms with Gasteiger partial charge in [-0.1, -0.05) is 37.2 Å². The Labute approximate surface area is 123 Å². The molecule has 2 aromatic heterocycles. The fourth-order valence-corrected chi connectivity index (χ4v) is 3.09. The van der Waals surface area contributed by atoms with E-state index < -0.39 is 0 Å². The van der Waals surface area contributed by atoms with Crippen molar-refractivity contribution in [3.05, 3.63) is 48.3 Å². The van der Waals surface area contributed by atoms with E-state index in [1.54, 1.807) is 11.8 Å². The van der Waals surface area contributed by atoms with Crippen molar-refractivity contribution < 1.29 is 0 Å². The molecule has 2 heterocycles. The zero-order chi connectivity index (χ0) is 13.9. The minimum Gasteiger partial charge on any atom is -0.336 e. The van der Waals surface area contributed by atoms with Gasteiger partial charge in [0.1, 0.15) is 6.67 Å². The summed E-state index contributed by atoms with van der Waals surface area (Å²) in [7, 11) is 0. The van der Waals surface area contributed by atoms with Gasteiger partial charge in [0.15, 0.2) is 5.16 Å². The van der Waals surface area contributed by atoms with Gasteiger partial charge in [0.2, 0.25) is 0 Å². The molecule has 0 unspecified atom stereocenters. The molecule has 0 aliphatic rings. The highest BCUT2D eigenvalue weighted by Crippen LogP contribution is 2.22. The SMILES string of the molecule is CCCc1ccn(Cn2c(SC)nc3ccccc32)c1. The first-order valence-corrected chi connectivity index (χ1v) is 8.18. The molecule has 0 saturated heterocycles. The second kappa shape index (κ2) is 5.75. The number of fused-ring (bicyclic) bond motifs is 1. The number of benzene rings is 1. The Morgan fingerprint density at radius 1 is 1.20 bits per heavy atom. The van der Waals surface area contributed by atoms with E-state index >= 15 is 0 Å². The van der Waals surface area contributed by atoms with Gasteiger partial charge < -0.3 is 9.13 Å². The summed E-state index contributed by atoms with van der Waals surface area (Å²) in [6, 6.07) is 10.5. The van der Waals surface area contributed by atoms with Crippen LogP contribution in [0.3, 0.4) is 0 Å². The lowest BCUT2D eigenvalue weighted by atomic mass is 10.2. The van der Waals surface area contributed by atoms with Gasteiger partial charge in [0, 0.05) is 12.4 Å². The van der Waals surface area contributed by atoms with E-state index in [1.165, 1.54) is 17.5 Å². The van der Waals surface area contributed by atoms with Gasteiger partial charge in [-0.3, -0.25) is 0 Å². The normalized spacial score (nSPS) is 11.3. The van der Waals surface area contributed by atoms with Gasteiger partial charge in [-0.2, -0.15) is 0 Å². The molecule has 3 nitrogen and oxygen atoms in total. The summed E-state index contributed by atoms with van der Waals surface area (Å²) in [5, 5.41) is 1.07. The van der Waals surface area contributed by atoms with E-state index in [0.29, 0.717) is 0 Å². The first kappa shape index (κ1) is 13.3. The van der Waals surface area contributed by atoms with Crippen LogP contribution in [0.15, 0.2) is 47.9 Å². The van der Waals surface area contributed by atoms with Crippen molar-refractivity contribution in [3.8, 4) is 0 Å². The maximum absolute atomic E-state index is 4.68. The second-order valence-electron chi connectivity index (χ2n) is 4.94. The molecule has 20 heavy (non-hydrogen) atoms. The molecular weight excluding hydrogens is 266 g/mol. The fourth-order valence-electron chi connectivity index (χ4n) is 2.52.